The molecule has 2 saturated heterocycles. The van der Waals surface area contributed by atoms with Crippen molar-refractivity contribution < 1.29 is 55.4 Å². The Labute approximate surface area is 236 Å². The Morgan fingerprint density at radius 3 is 2.17 bits per heavy atom. The van der Waals surface area contributed by atoms with Gasteiger partial charge in [-0.25, -0.2) is 4.79 Å². The Kier molecular flexibility index (Phi) is 9.25. The minimum Gasteiger partial charge on any atom is -0.475 e. The van der Waals surface area contributed by atoms with Crippen LogP contribution in [0.25, 0.3) is 0 Å². The van der Waals surface area contributed by atoms with E-state index in [0.717, 1.165) is 25.2 Å². The molecule has 236 valence electrons. The highest BCUT2D eigenvalue weighted by Crippen LogP contribution is 2.54. The smallest absolute Gasteiger partial charge is 0.475 e. The second-order valence-corrected chi connectivity index (χ2v) is 11.6. The van der Waals surface area contributed by atoms with Gasteiger partial charge in [-0.1, -0.05) is 12.2 Å². The predicted octanol–water partition coefficient (Wildman–Crippen LogP) is 0.681. The predicted molar refractivity (Wildman–Crippen MR) is 132 cm³/mol. The minimum atomic E-state index is -5.08. The normalized spacial score (nSPS) is 29.7. The number of carboxylic acids is 1. The maximum absolute atomic E-state index is 13.6. The lowest BCUT2D eigenvalue weighted by Crippen LogP contribution is -2.61. The average molecular weight is 614 g/mol. The molecule has 11 nitrogen and oxygen atoms in total. The number of carbonyl (C=O) groups is 5. The van der Waals surface area contributed by atoms with Gasteiger partial charge in [-0.05, 0) is 56.8 Å². The SMILES string of the molecule is CC(C)([C@H](N)C(=O)N1C[C@H]2[C@@H]([C@H]1C(=O)N[C@@H](C[C@@H]1CCNC1=O)C(N)=O)[C@H]1C=C[C@@H]2C1)C(F)(F)F.O=C(O)C(F)(F)F. The average Bonchev–Trinajstić information content (AvgIpc) is 3.64. The number of amides is 4. The van der Waals surface area contributed by atoms with Crippen LogP contribution in [0.5, 0.6) is 0 Å². The first kappa shape index (κ1) is 33.1. The van der Waals surface area contributed by atoms with E-state index in [9.17, 15) is 45.5 Å². The molecule has 4 aliphatic rings. The third-order valence-corrected chi connectivity index (χ3v) is 8.71. The van der Waals surface area contributed by atoms with Gasteiger partial charge in [0.25, 0.3) is 0 Å². The molecular formula is C25H33F6N5O6. The second-order valence-electron chi connectivity index (χ2n) is 11.6. The van der Waals surface area contributed by atoms with Gasteiger partial charge in [-0.2, -0.15) is 26.3 Å². The number of carbonyl (C=O) groups excluding carboxylic acids is 4. The summed E-state index contributed by atoms with van der Waals surface area (Å²) in [7, 11) is 0. The number of hydrogen-bond acceptors (Lipinski definition) is 6. The van der Waals surface area contributed by atoms with Crippen LogP contribution in [0.1, 0.15) is 33.1 Å². The van der Waals surface area contributed by atoms with Gasteiger partial charge < -0.3 is 32.1 Å². The van der Waals surface area contributed by atoms with Gasteiger partial charge in [0.2, 0.25) is 23.6 Å². The van der Waals surface area contributed by atoms with Gasteiger partial charge in [-0.15, -0.1) is 0 Å². The van der Waals surface area contributed by atoms with Crippen LogP contribution in [-0.2, 0) is 24.0 Å². The highest BCUT2D eigenvalue weighted by atomic mass is 19.4. The number of rotatable bonds is 7. The zero-order valence-electron chi connectivity index (χ0n) is 22.7. The second kappa shape index (κ2) is 11.7. The van der Waals surface area contributed by atoms with Crippen molar-refractivity contribution in [3.05, 3.63) is 12.2 Å². The molecular weight excluding hydrogens is 580 g/mol. The standard InChI is InChI=1S/C23H32F3N5O4.C2HF3O2/c1-22(2,23(24,25)26)17(27)21(35)31-9-13-10-3-4-11(7-10)15(13)16(31)20(34)30-14(18(28)32)8-12-5-6-29-19(12)33;3-2(4,5)1(6)7/h3-4,10-17H,5-9,27H2,1-2H3,(H2,28,32)(H,29,33)(H,30,34);(H,6,7)/t10-,11+,12+,13-,14+,15+,16+,17-;/m1./s1. The van der Waals surface area contributed by atoms with Crippen LogP contribution in [0.4, 0.5) is 26.3 Å². The van der Waals surface area contributed by atoms with Gasteiger partial charge in [0.05, 0.1) is 11.5 Å². The van der Waals surface area contributed by atoms with E-state index in [1.165, 1.54) is 0 Å². The fourth-order valence-corrected chi connectivity index (χ4v) is 6.10. The number of carboxylic acid groups (broad SMARTS) is 1. The molecule has 0 aromatic rings. The lowest BCUT2D eigenvalue weighted by molar-refractivity contribution is -0.220. The van der Waals surface area contributed by atoms with Gasteiger partial charge in [0.1, 0.15) is 12.1 Å². The van der Waals surface area contributed by atoms with Crippen molar-refractivity contribution >= 4 is 29.6 Å². The lowest BCUT2D eigenvalue weighted by Gasteiger charge is -2.37. The summed E-state index contributed by atoms with van der Waals surface area (Å²) in [5.74, 6) is -6.18. The van der Waals surface area contributed by atoms with Crippen molar-refractivity contribution in [2.24, 2.45) is 46.5 Å². The molecule has 2 aliphatic heterocycles. The molecule has 0 spiro atoms. The van der Waals surface area contributed by atoms with E-state index in [0.29, 0.717) is 13.0 Å². The molecule has 42 heavy (non-hydrogen) atoms. The molecule has 2 aliphatic carbocycles. The van der Waals surface area contributed by atoms with E-state index < -0.39 is 65.5 Å². The Morgan fingerprint density at radius 1 is 1.12 bits per heavy atom. The quantitative estimate of drug-likeness (QED) is 0.206. The minimum absolute atomic E-state index is 0.00182. The van der Waals surface area contributed by atoms with Crippen molar-refractivity contribution in [2.45, 2.75) is 63.6 Å². The lowest BCUT2D eigenvalue weighted by atomic mass is 9.81. The third-order valence-electron chi connectivity index (χ3n) is 8.71. The Morgan fingerprint density at radius 2 is 1.69 bits per heavy atom. The van der Waals surface area contributed by atoms with Crippen LogP contribution in [0, 0.1) is 35.0 Å². The first-order valence-corrected chi connectivity index (χ1v) is 13.2. The van der Waals surface area contributed by atoms with Crippen molar-refractivity contribution in [3.8, 4) is 0 Å². The molecule has 0 unspecified atom stereocenters. The first-order valence-electron chi connectivity index (χ1n) is 13.2. The number of primary amides is 1. The van der Waals surface area contributed by atoms with Gasteiger partial charge in [0.15, 0.2) is 0 Å². The maximum Gasteiger partial charge on any atom is 0.490 e. The number of hydrogen-bond donors (Lipinski definition) is 5. The molecule has 1 saturated carbocycles. The zero-order chi connectivity index (χ0) is 31.9. The maximum atomic E-state index is 13.6. The van der Waals surface area contributed by atoms with Crippen LogP contribution in [0.15, 0.2) is 12.2 Å². The number of halogens is 6. The summed E-state index contributed by atoms with van der Waals surface area (Å²) < 4.78 is 72.6. The van der Waals surface area contributed by atoms with Crippen molar-refractivity contribution in [1.82, 2.24) is 15.5 Å². The fraction of sp³-hybridized carbons (Fsp3) is 0.720. The molecule has 4 rings (SSSR count). The number of alkyl halides is 6. The summed E-state index contributed by atoms with van der Waals surface area (Å²) in [4.78, 5) is 61.0. The molecule has 8 atom stereocenters. The highest BCUT2D eigenvalue weighted by Gasteiger charge is 2.61. The molecule has 3 fully saturated rings. The number of nitrogens with two attached hydrogens (primary N) is 2. The van der Waals surface area contributed by atoms with Crippen LogP contribution in [-0.4, -0.2) is 83.2 Å². The van der Waals surface area contributed by atoms with Crippen LogP contribution in [0.3, 0.4) is 0 Å². The number of aliphatic carboxylic acids is 1. The van der Waals surface area contributed by atoms with Crippen molar-refractivity contribution in [3.63, 3.8) is 0 Å². The molecule has 2 bridgehead atoms. The van der Waals surface area contributed by atoms with Crippen LogP contribution < -0.4 is 22.1 Å². The molecule has 0 aromatic carbocycles. The summed E-state index contributed by atoms with van der Waals surface area (Å²) in [5, 5.41) is 12.4. The van der Waals surface area contributed by atoms with Crippen molar-refractivity contribution in [2.75, 3.05) is 13.1 Å². The number of allylic oxidation sites excluding steroid dienone is 2. The van der Waals surface area contributed by atoms with Crippen LogP contribution in [0.2, 0.25) is 0 Å². The number of likely N-dealkylation sites (tertiary alicyclic amines) is 1. The summed E-state index contributed by atoms with van der Waals surface area (Å²) in [6, 6.07) is -4.14. The zero-order valence-corrected chi connectivity index (χ0v) is 22.7. The van der Waals surface area contributed by atoms with E-state index in [-0.39, 0.29) is 42.5 Å². The van der Waals surface area contributed by atoms with Gasteiger partial charge >= 0.3 is 18.3 Å². The Bertz CT molecular complexity index is 1140. The molecule has 2 heterocycles. The highest BCUT2D eigenvalue weighted by molar-refractivity contribution is 5.94. The summed E-state index contributed by atoms with van der Waals surface area (Å²) in [6.07, 6.45) is -4.49. The van der Waals surface area contributed by atoms with Gasteiger partial charge in [0, 0.05) is 19.0 Å². The molecule has 4 amide bonds. The Balaban J connectivity index is 0.000000616. The summed E-state index contributed by atoms with van der Waals surface area (Å²) in [6.45, 7) is 2.30. The number of nitrogens with one attached hydrogen (secondary N) is 2. The van der Waals surface area contributed by atoms with E-state index in [1.54, 1.807) is 0 Å². The third kappa shape index (κ3) is 6.49. The molecule has 17 heteroatoms. The first-order chi connectivity index (χ1) is 19.2. The molecule has 7 N–H and O–H groups in total. The number of nitrogens with zero attached hydrogens (tertiary/aromatic N) is 1. The van der Waals surface area contributed by atoms with E-state index >= 15 is 0 Å². The number of fused-ring (bicyclic) bond motifs is 5. The van der Waals surface area contributed by atoms with Crippen LogP contribution >= 0.6 is 0 Å². The summed E-state index contributed by atoms with van der Waals surface area (Å²) in [5.41, 5.74) is 8.85. The largest absolute Gasteiger partial charge is 0.490 e. The van der Waals surface area contributed by atoms with E-state index in [2.05, 4.69) is 10.6 Å². The Hall–Kier alpha value is -3.37. The monoisotopic (exact) mass is 613 g/mol. The molecule has 0 radical (unpaired) electrons. The summed E-state index contributed by atoms with van der Waals surface area (Å²) >= 11 is 0. The van der Waals surface area contributed by atoms with Gasteiger partial charge in [-0.3, -0.25) is 19.2 Å². The topological polar surface area (TPSA) is 185 Å². The van der Waals surface area contributed by atoms with E-state index in [4.69, 9.17) is 21.4 Å². The van der Waals surface area contributed by atoms with Crippen molar-refractivity contribution in [1.29, 1.82) is 0 Å². The van der Waals surface area contributed by atoms with E-state index in [1.807, 2.05) is 12.2 Å². The molecule has 0 aromatic heterocycles. The fourth-order valence-electron chi connectivity index (χ4n) is 6.10.